The van der Waals surface area contributed by atoms with Crippen molar-refractivity contribution in [3.8, 4) is 22.3 Å². The fraction of sp³-hybridized carbons (Fsp3) is 0.219. The lowest BCUT2D eigenvalue weighted by Gasteiger charge is -2.28. The fourth-order valence-corrected chi connectivity index (χ4v) is 22.8. The summed E-state index contributed by atoms with van der Waals surface area (Å²) < 4.78 is 10.4. The first-order valence-corrected chi connectivity index (χ1v) is 50.0. The summed E-state index contributed by atoms with van der Waals surface area (Å²) >= 11 is 3.84. The summed E-state index contributed by atoms with van der Waals surface area (Å²) in [5.74, 6) is 0. The van der Waals surface area contributed by atoms with E-state index in [-0.39, 0.29) is 37.9 Å². The molecule has 0 fully saturated rings. The first-order chi connectivity index (χ1) is 64.8. The van der Waals surface area contributed by atoms with Crippen molar-refractivity contribution in [1.29, 1.82) is 0 Å². The van der Waals surface area contributed by atoms with Crippen molar-refractivity contribution in [2.75, 3.05) is 19.6 Å². The van der Waals surface area contributed by atoms with Crippen LogP contribution in [0.15, 0.2) is 358 Å². The number of thiophene rings is 2. The summed E-state index contributed by atoms with van der Waals surface area (Å²) in [6, 6.07) is 135. The zero-order valence-corrected chi connectivity index (χ0v) is 84.2. The third-order valence-electron chi connectivity index (χ3n) is 28.2. The summed E-state index contributed by atoms with van der Waals surface area (Å²) in [4.78, 5) is 9.68. The average molecular weight is 1810 g/mol. The Balaban J connectivity index is 0.000000163. The second-order valence-electron chi connectivity index (χ2n) is 44.8. The lowest BCUT2D eigenvalue weighted by atomic mass is 9.85. The van der Waals surface area contributed by atoms with Crippen LogP contribution in [0.5, 0.6) is 0 Å². The molecule has 0 saturated heterocycles. The minimum Gasteiger partial charge on any atom is -0.310 e. The zero-order chi connectivity index (χ0) is 94.8. The van der Waals surface area contributed by atoms with Gasteiger partial charge in [0.05, 0.1) is 42.5 Å². The molecule has 0 bridgehead atoms. The SMILES string of the molecule is CC(C)(C)c1ccc(N(c2ccc(-c3ccccc3)cc2)c2ccc3c(c2)sc2c4cccc5c6cc(N(c7ccc(-c8ccccc8)cc7)c7ccc(C(C)(C)C)cc7)ccc6n(c54)c32)cc1.CC(C)(C)c1ccc(N(c2ccc(C(C)(C)C)cc2)c2ccc3c(c2)sc2c4cc(C(C)(C)C)cc5c6cc(N(c7ccc(C(C)(C)C)cc7)c7ccc(C(C)(C)C)cc7)ccc6n(c54)c32)cc1. The standard InChI is InChI=1S/C64H53N3S.C64H69N3S/c1-63(2,3)46-24-32-50(33-25-46)65(48-28-20-44(21-29-48)42-14-9-7-10-15-42)52-37-39-58-57(40-52)54-18-13-19-56-60(54)67(58)61-55-38-36-53(41-59(55)68-62(56)61)66(51-34-26-47(27-35-51)64(4,5)6)49-30-22-45(23-31-49)43-16-11-8-12-17-43;1-60(2,3)40-16-24-45(25-17-40)65(46-26-18-41(19-27-46)61(4,5)6)49-33-35-55-52(38-49)53-36-44(64(13,14)15)37-54-57(53)67(55)58-51-34-32-50(39-56(51)68-59(54)58)66(47-28-20-42(21-29-47)62(7,8)9)48-30-22-43(23-31-48)63(10,11)12/h7-41H,1-6H3;16-39H,1-15H3. The maximum Gasteiger partial charge on any atom is 0.0728 e. The van der Waals surface area contributed by atoms with Gasteiger partial charge in [0, 0.05) is 121 Å². The van der Waals surface area contributed by atoms with Crippen LogP contribution in [-0.2, 0) is 37.9 Å². The molecule has 0 unspecified atom stereocenters. The van der Waals surface area contributed by atoms with Crippen LogP contribution >= 0.6 is 22.7 Å². The molecule has 0 aliphatic carbocycles. The Morgan fingerprint density at radius 2 is 0.412 bits per heavy atom. The van der Waals surface area contributed by atoms with Gasteiger partial charge in [0.25, 0.3) is 0 Å². The molecule has 0 aliphatic rings. The minimum absolute atomic E-state index is 0.0372. The molecule has 6 heterocycles. The summed E-state index contributed by atoms with van der Waals surface area (Å²) in [6.07, 6.45) is 0. The highest BCUT2D eigenvalue weighted by Crippen LogP contribution is 2.54. The van der Waals surface area contributed by atoms with Crippen LogP contribution in [0.3, 0.4) is 0 Å². The van der Waals surface area contributed by atoms with Crippen LogP contribution in [-0.4, -0.2) is 8.80 Å². The molecule has 16 aromatic carbocycles. The summed E-state index contributed by atoms with van der Waals surface area (Å²) in [5, 5.41) is 10.3. The van der Waals surface area contributed by atoms with Gasteiger partial charge in [0.1, 0.15) is 0 Å². The first kappa shape index (κ1) is 88.8. The van der Waals surface area contributed by atoms with Gasteiger partial charge in [-0.05, 0) is 281 Å². The van der Waals surface area contributed by atoms with E-state index < -0.39 is 0 Å². The average Bonchev–Trinajstić information content (AvgIpc) is 1.53. The van der Waals surface area contributed by atoms with Crippen molar-refractivity contribution in [2.45, 2.75) is 183 Å². The van der Waals surface area contributed by atoms with E-state index in [0.717, 1.165) is 68.2 Å². The highest BCUT2D eigenvalue weighted by Gasteiger charge is 2.31. The highest BCUT2D eigenvalue weighted by molar-refractivity contribution is 7.27. The van der Waals surface area contributed by atoms with E-state index in [4.69, 9.17) is 0 Å². The van der Waals surface area contributed by atoms with E-state index in [2.05, 4.69) is 532 Å². The second kappa shape index (κ2) is 33.1. The molecule has 0 saturated carbocycles. The Labute approximate surface area is 810 Å². The van der Waals surface area contributed by atoms with Gasteiger partial charge in [-0.2, -0.15) is 0 Å². The van der Waals surface area contributed by atoms with Crippen molar-refractivity contribution in [2.24, 2.45) is 0 Å². The van der Waals surface area contributed by atoms with Crippen molar-refractivity contribution in [1.82, 2.24) is 8.80 Å². The van der Waals surface area contributed by atoms with E-state index >= 15 is 0 Å². The minimum atomic E-state index is -0.0372. The van der Waals surface area contributed by atoms with Gasteiger partial charge in [-0.25, -0.2) is 0 Å². The molecule has 6 aromatic heterocycles. The lowest BCUT2D eigenvalue weighted by molar-refractivity contribution is 0.590. The molecule has 22 rings (SSSR count). The maximum atomic E-state index is 2.58. The number of hydrogen-bond donors (Lipinski definition) is 0. The van der Waals surface area contributed by atoms with Gasteiger partial charge in [0.2, 0.25) is 0 Å². The number of hydrogen-bond acceptors (Lipinski definition) is 6. The van der Waals surface area contributed by atoms with Crippen molar-refractivity contribution < 1.29 is 0 Å². The van der Waals surface area contributed by atoms with Crippen LogP contribution in [0.4, 0.5) is 68.2 Å². The third-order valence-corrected chi connectivity index (χ3v) is 30.5. The number of benzene rings is 16. The highest BCUT2D eigenvalue weighted by atomic mass is 32.1. The molecule has 0 aliphatic heterocycles. The van der Waals surface area contributed by atoms with Crippen LogP contribution in [0, 0.1) is 0 Å². The number of fused-ring (bicyclic) bond motifs is 16. The number of nitrogens with zero attached hydrogens (tertiary/aromatic N) is 6. The topological polar surface area (TPSA) is 21.8 Å². The molecule has 22 aromatic rings. The number of aromatic nitrogens is 2. The van der Waals surface area contributed by atoms with Crippen molar-refractivity contribution >= 4 is 186 Å². The first-order valence-electron chi connectivity index (χ1n) is 48.3. The number of anilines is 12. The molecule has 676 valence electrons. The van der Waals surface area contributed by atoms with Crippen LogP contribution in [0.25, 0.3) is 117 Å². The quantitative estimate of drug-likeness (QED) is 0.108. The normalized spacial score (nSPS) is 12.7. The molecule has 0 atom stereocenters. The number of para-hydroxylation sites is 1. The predicted molar refractivity (Wildman–Crippen MR) is 593 cm³/mol. The van der Waals surface area contributed by atoms with E-state index in [1.54, 1.807) is 0 Å². The van der Waals surface area contributed by atoms with Crippen molar-refractivity contribution in [3.05, 3.63) is 397 Å². The van der Waals surface area contributed by atoms with Gasteiger partial charge < -0.3 is 28.4 Å². The van der Waals surface area contributed by atoms with Gasteiger partial charge in [-0.3, -0.25) is 0 Å². The molecule has 136 heavy (non-hydrogen) atoms. The van der Waals surface area contributed by atoms with Gasteiger partial charge in [-0.1, -0.05) is 321 Å². The molecule has 8 heteroatoms. The fourth-order valence-electron chi connectivity index (χ4n) is 20.3. The molecular weight excluding hydrogens is 1690 g/mol. The molecular formula is C128H122N6S2. The Hall–Kier alpha value is -13.8. The van der Waals surface area contributed by atoms with Crippen molar-refractivity contribution in [3.63, 3.8) is 0 Å². The second-order valence-corrected chi connectivity index (χ2v) is 46.9. The predicted octanol–water partition coefficient (Wildman–Crippen LogP) is 38.4. The summed E-state index contributed by atoms with van der Waals surface area (Å²) in [7, 11) is 0. The third kappa shape index (κ3) is 16.1. The molecule has 0 spiro atoms. The molecule has 0 amide bonds. The van der Waals surface area contributed by atoms with Gasteiger partial charge in [-0.15, -0.1) is 22.7 Å². The van der Waals surface area contributed by atoms with Gasteiger partial charge in [0.15, 0.2) is 0 Å². The van der Waals surface area contributed by atoms with Crippen LogP contribution < -0.4 is 19.6 Å². The molecule has 6 nitrogen and oxygen atoms in total. The Bertz CT molecular complexity index is 8100. The Kier molecular flexibility index (Phi) is 21.6. The van der Waals surface area contributed by atoms with Crippen LogP contribution in [0.2, 0.25) is 0 Å². The lowest BCUT2D eigenvalue weighted by Crippen LogP contribution is -2.14. The van der Waals surface area contributed by atoms with Gasteiger partial charge >= 0.3 is 0 Å². The van der Waals surface area contributed by atoms with E-state index in [1.165, 1.54) is 156 Å². The molecule has 0 radical (unpaired) electrons. The largest absolute Gasteiger partial charge is 0.310 e. The van der Waals surface area contributed by atoms with Crippen LogP contribution in [0.1, 0.15) is 184 Å². The van der Waals surface area contributed by atoms with E-state index in [1.807, 2.05) is 22.7 Å². The summed E-state index contributed by atoms with van der Waals surface area (Å²) in [5.41, 5.74) is 35.9. The molecule has 0 N–H and O–H groups in total. The Morgan fingerprint density at radius 3 is 0.721 bits per heavy atom. The Morgan fingerprint density at radius 1 is 0.169 bits per heavy atom. The number of rotatable bonds is 14. The van der Waals surface area contributed by atoms with E-state index in [9.17, 15) is 0 Å². The van der Waals surface area contributed by atoms with E-state index in [0.29, 0.717) is 0 Å². The monoisotopic (exact) mass is 1810 g/mol. The summed E-state index contributed by atoms with van der Waals surface area (Å²) in [6.45, 7) is 48.1. The smallest absolute Gasteiger partial charge is 0.0728 e. The maximum absolute atomic E-state index is 2.58. The zero-order valence-electron chi connectivity index (χ0n) is 82.6.